The number of nitrogens with zero attached hydrogens (tertiary/aromatic N) is 3. The fraction of sp³-hybridized carbons (Fsp3) is 0. The molecule has 0 saturated carbocycles. The molecule has 0 aliphatic carbocycles. The van der Waals surface area contributed by atoms with Gasteiger partial charge in [0.05, 0.1) is 5.52 Å². The maximum Gasteiger partial charge on any atom is 0.240 e. The van der Waals surface area contributed by atoms with Gasteiger partial charge in [-0.2, -0.15) is 4.73 Å². The Labute approximate surface area is 127 Å². The molecule has 0 atom stereocenters. The fourth-order valence-electron chi connectivity index (χ4n) is 2.70. The molecule has 3 aromatic heterocycles. The standard InChI is InChI=1S/C18H13N3O/c22-20-12-6-4-9-16(20)17-13-14-7-1-2-8-15(14)21(17)18-10-3-5-11-19-18/h1-13H. The molecule has 0 saturated heterocycles. The molecule has 4 aromatic rings. The summed E-state index contributed by atoms with van der Waals surface area (Å²) in [5.74, 6) is 0.794. The van der Waals surface area contributed by atoms with E-state index in [2.05, 4.69) is 4.98 Å². The third-order valence-corrected chi connectivity index (χ3v) is 3.68. The first-order valence-electron chi connectivity index (χ1n) is 7.05. The summed E-state index contributed by atoms with van der Waals surface area (Å²) in [5.41, 5.74) is 2.46. The SMILES string of the molecule is [O-][n+]1ccccc1-c1cc2ccccc2n1-c1ccccn1. The molecule has 0 aliphatic rings. The molecule has 4 heteroatoms. The van der Waals surface area contributed by atoms with Crippen LogP contribution in [-0.2, 0) is 0 Å². The molecule has 0 unspecified atom stereocenters. The van der Waals surface area contributed by atoms with E-state index in [1.165, 1.54) is 6.20 Å². The van der Waals surface area contributed by atoms with Crippen molar-refractivity contribution in [3.8, 4) is 17.2 Å². The Balaban J connectivity index is 2.09. The van der Waals surface area contributed by atoms with Crippen LogP contribution in [0.2, 0.25) is 0 Å². The summed E-state index contributed by atoms with van der Waals surface area (Å²) in [6.45, 7) is 0. The minimum absolute atomic E-state index is 0.601. The van der Waals surface area contributed by atoms with Crippen molar-refractivity contribution in [3.05, 3.63) is 84.3 Å². The van der Waals surface area contributed by atoms with E-state index in [1.807, 2.05) is 65.2 Å². The molecule has 106 valence electrons. The second-order valence-corrected chi connectivity index (χ2v) is 5.02. The average Bonchev–Trinajstić information content (AvgIpc) is 2.95. The van der Waals surface area contributed by atoms with Gasteiger partial charge in [-0.05, 0) is 30.3 Å². The second-order valence-electron chi connectivity index (χ2n) is 5.02. The van der Waals surface area contributed by atoms with Gasteiger partial charge in [-0.3, -0.25) is 4.57 Å². The zero-order valence-electron chi connectivity index (χ0n) is 11.8. The van der Waals surface area contributed by atoms with Crippen LogP contribution in [0.15, 0.2) is 79.1 Å². The van der Waals surface area contributed by atoms with E-state index in [-0.39, 0.29) is 0 Å². The molecule has 1 aromatic carbocycles. The Kier molecular flexibility index (Phi) is 2.86. The van der Waals surface area contributed by atoms with Crippen LogP contribution in [0.3, 0.4) is 0 Å². The predicted molar refractivity (Wildman–Crippen MR) is 85.5 cm³/mol. The molecular weight excluding hydrogens is 274 g/mol. The van der Waals surface area contributed by atoms with E-state index >= 15 is 0 Å². The van der Waals surface area contributed by atoms with Crippen molar-refractivity contribution < 1.29 is 4.73 Å². The number of hydrogen-bond acceptors (Lipinski definition) is 2. The summed E-state index contributed by atoms with van der Waals surface area (Å²) in [7, 11) is 0. The lowest BCUT2D eigenvalue weighted by Crippen LogP contribution is -2.28. The molecule has 0 amide bonds. The molecule has 0 N–H and O–H groups in total. The van der Waals surface area contributed by atoms with Crippen molar-refractivity contribution in [2.45, 2.75) is 0 Å². The van der Waals surface area contributed by atoms with Gasteiger partial charge < -0.3 is 5.21 Å². The van der Waals surface area contributed by atoms with Crippen molar-refractivity contribution in [1.82, 2.24) is 9.55 Å². The Morgan fingerprint density at radius 2 is 1.73 bits per heavy atom. The van der Waals surface area contributed by atoms with E-state index in [0.29, 0.717) is 5.69 Å². The Morgan fingerprint density at radius 3 is 2.55 bits per heavy atom. The van der Waals surface area contributed by atoms with Crippen LogP contribution in [0.4, 0.5) is 0 Å². The minimum atomic E-state index is 0.601. The number of benzene rings is 1. The zero-order chi connectivity index (χ0) is 14.9. The van der Waals surface area contributed by atoms with Crippen LogP contribution in [-0.4, -0.2) is 9.55 Å². The van der Waals surface area contributed by atoms with Crippen LogP contribution < -0.4 is 4.73 Å². The molecule has 0 spiro atoms. The molecule has 4 nitrogen and oxygen atoms in total. The lowest BCUT2D eigenvalue weighted by Gasteiger charge is -2.09. The first-order chi connectivity index (χ1) is 10.8. The van der Waals surface area contributed by atoms with Crippen LogP contribution in [0.5, 0.6) is 0 Å². The average molecular weight is 287 g/mol. The Hall–Kier alpha value is -3.14. The minimum Gasteiger partial charge on any atom is -0.618 e. The summed E-state index contributed by atoms with van der Waals surface area (Å²) in [6.07, 6.45) is 3.26. The monoisotopic (exact) mass is 287 g/mol. The largest absolute Gasteiger partial charge is 0.618 e. The van der Waals surface area contributed by atoms with E-state index < -0.39 is 0 Å². The highest BCUT2D eigenvalue weighted by atomic mass is 16.5. The van der Waals surface area contributed by atoms with Crippen LogP contribution in [0.1, 0.15) is 0 Å². The molecule has 4 rings (SSSR count). The molecule has 0 radical (unpaired) electrons. The van der Waals surface area contributed by atoms with E-state index in [9.17, 15) is 5.21 Å². The van der Waals surface area contributed by atoms with Crippen molar-refractivity contribution in [3.63, 3.8) is 0 Å². The lowest BCUT2D eigenvalue weighted by molar-refractivity contribution is -0.593. The maximum atomic E-state index is 12.2. The summed E-state index contributed by atoms with van der Waals surface area (Å²) in [6, 6.07) is 21.2. The van der Waals surface area contributed by atoms with Crippen molar-refractivity contribution in [1.29, 1.82) is 0 Å². The highest BCUT2D eigenvalue weighted by molar-refractivity contribution is 5.87. The lowest BCUT2D eigenvalue weighted by atomic mass is 10.2. The van der Waals surface area contributed by atoms with Gasteiger partial charge in [0.2, 0.25) is 5.69 Å². The van der Waals surface area contributed by atoms with Crippen molar-refractivity contribution >= 4 is 10.9 Å². The normalized spacial score (nSPS) is 10.9. The molecule has 0 aliphatic heterocycles. The predicted octanol–water partition coefficient (Wildman–Crippen LogP) is 3.33. The van der Waals surface area contributed by atoms with Gasteiger partial charge in [-0.25, -0.2) is 4.98 Å². The molecule has 3 heterocycles. The number of hydrogen-bond donors (Lipinski definition) is 0. The number of para-hydroxylation sites is 1. The number of fused-ring (bicyclic) bond motifs is 1. The molecule has 22 heavy (non-hydrogen) atoms. The Bertz CT molecular complexity index is 945. The van der Waals surface area contributed by atoms with Crippen LogP contribution >= 0.6 is 0 Å². The van der Waals surface area contributed by atoms with Gasteiger partial charge in [0.1, 0.15) is 11.5 Å². The second kappa shape index (κ2) is 5.00. The van der Waals surface area contributed by atoms with E-state index in [4.69, 9.17) is 0 Å². The smallest absolute Gasteiger partial charge is 0.240 e. The molecule has 0 fully saturated rings. The van der Waals surface area contributed by atoms with Gasteiger partial charge in [-0.15, -0.1) is 0 Å². The van der Waals surface area contributed by atoms with Gasteiger partial charge in [0.25, 0.3) is 0 Å². The fourth-order valence-corrected chi connectivity index (χ4v) is 2.70. The highest BCUT2D eigenvalue weighted by Gasteiger charge is 2.18. The zero-order valence-corrected chi connectivity index (χ0v) is 11.8. The van der Waals surface area contributed by atoms with Crippen LogP contribution in [0, 0.1) is 5.21 Å². The van der Waals surface area contributed by atoms with Crippen LogP contribution in [0.25, 0.3) is 28.1 Å². The molecular formula is C18H13N3O. The van der Waals surface area contributed by atoms with Crippen molar-refractivity contribution in [2.75, 3.05) is 0 Å². The third kappa shape index (κ3) is 1.93. The quantitative estimate of drug-likeness (QED) is 0.419. The maximum absolute atomic E-state index is 12.2. The first kappa shape index (κ1) is 12.6. The number of rotatable bonds is 2. The topological polar surface area (TPSA) is 44.8 Å². The first-order valence-corrected chi connectivity index (χ1v) is 7.05. The van der Waals surface area contributed by atoms with E-state index in [1.54, 1.807) is 12.3 Å². The summed E-state index contributed by atoms with van der Waals surface area (Å²) < 4.78 is 2.90. The Morgan fingerprint density at radius 1 is 0.909 bits per heavy atom. The van der Waals surface area contributed by atoms with Gasteiger partial charge >= 0.3 is 0 Å². The summed E-state index contributed by atoms with van der Waals surface area (Å²) in [4.78, 5) is 4.44. The van der Waals surface area contributed by atoms with Gasteiger partial charge in [0, 0.05) is 23.7 Å². The van der Waals surface area contributed by atoms with E-state index in [0.717, 1.165) is 27.1 Å². The number of pyridine rings is 2. The van der Waals surface area contributed by atoms with Gasteiger partial charge in [0.15, 0.2) is 6.20 Å². The summed E-state index contributed by atoms with van der Waals surface area (Å²) in [5, 5.41) is 13.2. The van der Waals surface area contributed by atoms with Gasteiger partial charge in [-0.1, -0.05) is 24.3 Å². The van der Waals surface area contributed by atoms with Crippen molar-refractivity contribution in [2.24, 2.45) is 0 Å². The highest BCUT2D eigenvalue weighted by Crippen LogP contribution is 2.29. The number of aromatic nitrogens is 3. The third-order valence-electron chi connectivity index (χ3n) is 3.68. The molecule has 0 bridgehead atoms. The summed E-state index contributed by atoms with van der Waals surface area (Å²) >= 11 is 0.